The summed E-state index contributed by atoms with van der Waals surface area (Å²) in [6, 6.07) is 11.3. The first-order valence-corrected chi connectivity index (χ1v) is 6.37. The van der Waals surface area contributed by atoms with Crippen molar-refractivity contribution in [2.24, 2.45) is 0 Å². The molecular weight excluding hydrogens is 266 g/mol. The molecule has 1 heterocycles. The molecule has 1 N–H and O–H groups in total. The van der Waals surface area contributed by atoms with Gasteiger partial charge in [-0.2, -0.15) is 0 Å². The number of methoxy groups -OCH3 is 1. The molecule has 0 radical (unpaired) electrons. The molecule has 0 atom stereocenters. The molecule has 1 aromatic carbocycles. The molecule has 4 nitrogen and oxygen atoms in total. The second-order valence-corrected chi connectivity index (χ2v) is 4.25. The van der Waals surface area contributed by atoms with Crippen molar-refractivity contribution in [2.45, 2.75) is 0 Å². The molecule has 1 aromatic heterocycles. The molecule has 0 aliphatic carbocycles. The minimum Gasteiger partial charge on any atom is -0.497 e. The van der Waals surface area contributed by atoms with Crippen LogP contribution >= 0.6 is 0 Å². The predicted octanol–water partition coefficient (Wildman–Crippen LogP) is 3.16. The van der Waals surface area contributed by atoms with Crippen LogP contribution in [0.3, 0.4) is 0 Å². The first kappa shape index (κ1) is 14.5. The van der Waals surface area contributed by atoms with Crippen molar-refractivity contribution in [2.75, 3.05) is 7.11 Å². The van der Waals surface area contributed by atoms with Crippen LogP contribution in [0.1, 0.15) is 11.1 Å². The van der Waals surface area contributed by atoms with Gasteiger partial charge in [0.1, 0.15) is 5.75 Å². The second-order valence-electron chi connectivity index (χ2n) is 4.25. The number of nitrogens with zero attached hydrogens (tertiary/aromatic N) is 1. The van der Waals surface area contributed by atoms with Crippen molar-refractivity contribution in [3.63, 3.8) is 0 Å². The fourth-order valence-corrected chi connectivity index (χ4v) is 1.88. The topological polar surface area (TPSA) is 59.4 Å². The Labute approximate surface area is 123 Å². The van der Waals surface area contributed by atoms with E-state index in [4.69, 9.17) is 9.84 Å². The van der Waals surface area contributed by atoms with Crippen LogP contribution < -0.4 is 4.74 Å². The van der Waals surface area contributed by atoms with Crippen molar-refractivity contribution < 1.29 is 14.6 Å². The number of allylic oxidation sites excluding steroid dienone is 2. The Morgan fingerprint density at radius 3 is 2.52 bits per heavy atom. The number of carboxylic acid groups (broad SMARTS) is 1. The van der Waals surface area contributed by atoms with Crippen molar-refractivity contribution >= 4 is 11.5 Å². The van der Waals surface area contributed by atoms with Gasteiger partial charge in [-0.1, -0.05) is 30.4 Å². The Kier molecular flexibility index (Phi) is 4.88. The zero-order valence-corrected chi connectivity index (χ0v) is 11.6. The van der Waals surface area contributed by atoms with E-state index < -0.39 is 5.97 Å². The third-order valence-electron chi connectivity index (χ3n) is 2.88. The molecule has 2 aromatic rings. The number of ether oxygens (including phenoxy) is 1. The van der Waals surface area contributed by atoms with Gasteiger partial charge in [-0.3, -0.25) is 4.98 Å². The molecule has 0 unspecified atom stereocenters. The van der Waals surface area contributed by atoms with Gasteiger partial charge in [-0.05, 0) is 29.3 Å². The molecule has 0 bridgehead atoms. The van der Waals surface area contributed by atoms with Crippen LogP contribution in [0.15, 0.2) is 67.0 Å². The smallest absolute Gasteiger partial charge is 0.328 e. The van der Waals surface area contributed by atoms with Gasteiger partial charge < -0.3 is 9.84 Å². The Balaban J connectivity index is 2.42. The Morgan fingerprint density at radius 1 is 1.19 bits per heavy atom. The Morgan fingerprint density at radius 2 is 1.95 bits per heavy atom. The normalized spacial score (nSPS) is 11.6. The summed E-state index contributed by atoms with van der Waals surface area (Å²) in [7, 11) is 1.61. The van der Waals surface area contributed by atoms with Crippen molar-refractivity contribution in [3.8, 4) is 5.75 Å². The highest BCUT2D eigenvalue weighted by Gasteiger charge is 2.04. The van der Waals surface area contributed by atoms with E-state index >= 15 is 0 Å². The Hall–Kier alpha value is -2.88. The zero-order valence-electron chi connectivity index (χ0n) is 11.6. The van der Waals surface area contributed by atoms with Gasteiger partial charge in [-0.25, -0.2) is 4.79 Å². The third kappa shape index (κ3) is 4.04. The van der Waals surface area contributed by atoms with Gasteiger partial charge in [-0.15, -0.1) is 0 Å². The molecular formula is C17H15NO3. The first-order valence-electron chi connectivity index (χ1n) is 6.37. The van der Waals surface area contributed by atoms with Crippen molar-refractivity contribution in [1.29, 1.82) is 0 Å². The summed E-state index contributed by atoms with van der Waals surface area (Å²) in [4.78, 5) is 14.7. The lowest BCUT2D eigenvalue weighted by molar-refractivity contribution is -0.131. The van der Waals surface area contributed by atoms with Gasteiger partial charge in [0.2, 0.25) is 0 Å². The molecule has 0 saturated heterocycles. The lowest BCUT2D eigenvalue weighted by Crippen LogP contribution is -1.90. The fraction of sp³-hybridized carbons (Fsp3) is 0.0588. The standard InChI is InChI=1S/C17H15NO3/c1-21-15-9-7-13(8-10-15)16(5-2-6-17(19)20)14-4-3-11-18-12-14/h2-12H,1H3,(H,19,20). The van der Waals surface area contributed by atoms with Crippen LogP contribution in [0.4, 0.5) is 0 Å². The van der Waals surface area contributed by atoms with Gasteiger partial charge in [0.25, 0.3) is 0 Å². The molecule has 0 spiro atoms. The van der Waals surface area contributed by atoms with E-state index in [0.29, 0.717) is 0 Å². The quantitative estimate of drug-likeness (QED) is 0.675. The highest BCUT2D eigenvalue weighted by molar-refractivity contribution is 5.83. The molecule has 2 rings (SSSR count). The molecule has 0 amide bonds. The molecule has 0 saturated carbocycles. The number of aromatic nitrogens is 1. The van der Waals surface area contributed by atoms with E-state index in [9.17, 15) is 4.79 Å². The number of benzene rings is 1. The van der Waals surface area contributed by atoms with Gasteiger partial charge in [0, 0.05) is 24.0 Å². The third-order valence-corrected chi connectivity index (χ3v) is 2.88. The second kappa shape index (κ2) is 7.05. The average molecular weight is 281 g/mol. The highest BCUT2D eigenvalue weighted by Crippen LogP contribution is 2.24. The van der Waals surface area contributed by atoms with Crippen molar-refractivity contribution in [3.05, 3.63) is 78.1 Å². The van der Waals surface area contributed by atoms with Crippen LogP contribution in [0, 0.1) is 0 Å². The molecule has 0 fully saturated rings. The lowest BCUT2D eigenvalue weighted by Gasteiger charge is -2.08. The number of hydrogen-bond acceptors (Lipinski definition) is 3. The Bertz CT molecular complexity index is 658. The number of carboxylic acids is 1. The summed E-state index contributed by atoms with van der Waals surface area (Å²) < 4.78 is 5.14. The minimum atomic E-state index is -0.980. The minimum absolute atomic E-state index is 0.769. The van der Waals surface area contributed by atoms with Crippen LogP contribution in [0.5, 0.6) is 5.75 Å². The van der Waals surface area contributed by atoms with Crippen LogP contribution in [0.25, 0.3) is 5.57 Å². The van der Waals surface area contributed by atoms with E-state index in [1.165, 1.54) is 6.08 Å². The summed E-state index contributed by atoms with van der Waals surface area (Å²) in [6.45, 7) is 0. The number of pyridine rings is 1. The summed E-state index contributed by atoms with van der Waals surface area (Å²) in [5.74, 6) is -0.211. The van der Waals surface area contributed by atoms with Crippen LogP contribution in [0.2, 0.25) is 0 Å². The van der Waals surface area contributed by atoms with E-state index in [1.54, 1.807) is 25.6 Å². The maximum Gasteiger partial charge on any atom is 0.328 e. The molecule has 0 aliphatic rings. The van der Waals surface area contributed by atoms with Gasteiger partial charge in [0.05, 0.1) is 7.11 Å². The van der Waals surface area contributed by atoms with Gasteiger partial charge >= 0.3 is 5.97 Å². The molecule has 106 valence electrons. The molecule has 4 heteroatoms. The predicted molar refractivity (Wildman–Crippen MR) is 81.1 cm³/mol. The maximum absolute atomic E-state index is 10.6. The van der Waals surface area contributed by atoms with Crippen LogP contribution in [-0.2, 0) is 4.79 Å². The monoisotopic (exact) mass is 281 g/mol. The highest BCUT2D eigenvalue weighted by atomic mass is 16.5. The van der Waals surface area contributed by atoms with E-state index in [-0.39, 0.29) is 0 Å². The number of carbonyl (C=O) groups is 1. The number of aliphatic carboxylic acids is 1. The van der Waals surface area contributed by atoms with E-state index in [1.807, 2.05) is 36.4 Å². The van der Waals surface area contributed by atoms with E-state index in [0.717, 1.165) is 28.5 Å². The SMILES string of the molecule is COc1ccc(C(=CC=CC(=O)O)c2cccnc2)cc1. The lowest BCUT2D eigenvalue weighted by atomic mass is 9.99. The molecule has 0 aliphatic heterocycles. The summed E-state index contributed by atoms with van der Waals surface area (Å²) in [5.41, 5.74) is 2.76. The largest absolute Gasteiger partial charge is 0.497 e. The number of rotatable bonds is 5. The zero-order chi connectivity index (χ0) is 15.1. The summed E-state index contributed by atoms with van der Waals surface area (Å²) >= 11 is 0. The van der Waals surface area contributed by atoms with Gasteiger partial charge in [0.15, 0.2) is 0 Å². The van der Waals surface area contributed by atoms with E-state index in [2.05, 4.69) is 4.98 Å². The maximum atomic E-state index is 10.6. The average Bonchev–Trinajstić information content (AvgIpc) is 2.52. The fourth-order valence-electron chi connectivity index (χ4n) is 1.88. The summed E-state index contributed by atoms with van der Waals surface area (Å²) in [6.07, 6.45) is 7.80. The molecule has 21 heavy (non-hydrogen) atoms. The first-order chi connectivity index (χ1) is 10.2. The number of hydrogen-bond donors (Lipinski definition) is 1. The summed E-state index contributed by atoms with van der Waals surface area (Å²) in [5, 5.41) is 8.69. The van der Waals surface area contributed by atoms with Crippen LogP contribution in [-0.4, -0.2) is 23.2 Å². The van der Waals surface area contributed by atoms with Crippen molar-refractivity contribution in [1.82, 2.24) is 4.98 Å².